The van der Waals surface area contributed by atoms with Crippen LogP contribution in [0.3, 0.4) is 0 Å². The number of rotatable bonds is 2. The minimum Gasteiger partial charge on any atom is -0.372 e. The Kier molecular flexibility index (Phi) is 3.59. The summed E-state index contributed by atoms with van der Waals surface area (Å²) in [5.41, 5.74) is 1.72. The molecule has 3 nitrogen and oxygen atoms in total. The number of benzene rings is 2. The summed E-state index contributed by atoms with van der Waals surface area (Å²) in [6, 6.07) is 17.0. The highest BCUT2D eigenvalue weighted by atomic mass is 79.9. The molecule has 0 aromatic heterocycles. The van der Waals surface area contributed by atoms with Crippen LogP contribution < -0.4 is 4.90 Å². The van der Waals surface area contributed by atoms with Gasteiger partial charge in [-0.3, -0.25) is 9.69 Å². The van der Waals surface area contributed by atoms with Gasteiger partial charge in [0.25, 0.3) is 0 Å². The number of aliphatic hydroxyl groups is 1. The monoisotopic (exact) mass is 331 g/mol. The number of halogens is 1. The number of para-hydroxylation sites is 1. The smallest absolute Gasteiger partial charge is 0.229 e. The topological polar surface area (TPSA) is 40.5 Å². The molecule has 102 valence electrons. The Morgan fingerprint density at radius 1 is 1.05 bits per heavy atom. The molecule has 0 aliphatic carbocycles. The highest BCUT2D eigenvalue weighted by Crippen LogP contribution is 2.36. The minimum absolute atomic E-state index is 0.0448. The van der Waals surface area contributed by atoms with Gasteiger partial charge in [0, 0.05) is 22.5 Å². The number of aliphatic hydroxyl groups excluding tert-OH is 1. The van der Waals surface area contributed by atoms with E-state index >= 15 is 0 Å². The molecule has 1 heterocycles. The molecule has 3 rings (SSSR count). The highest BCUT2D eigenvalue weighted by molar-refractivity contribution is 9.10. The van der Waals surface area contributed by atoms with Crippen LogP contribution in [-0.4, -0.2) is 17.2 Å². The van der Waals surface area contributed by atoms with Crippen LogP contribution in [0, 0.1) is 0 Å². The lowest BCUT2D eigenvalue weighted by Gasteiger charge is -2.23. The fraction of sp³-hybridized carbons (Fsp3) is 0.188. The molecule has 2 aromatic rings. The molecule has 1 amide bonds. The van der Waals surface area contributed by atoms with Crippen molar-refractivity contribution in [3.63, 3.8) is 0 Å². The van der Waals surface area contributed by atoms with E-state index in [4.69, 9.17) is 0 Å². The Morgan fingerprint density at radius 2 is 1.70 bits per heavy atom. The fourth-order valence-corrected chi connectivity index (χ4v) is 2.87. The van der Waals surface area contributed by atoms with E-state index in [9.17, 15) is 9.90 Å². The van der Waals surface area contributed by atoms with Crippen molar-refractivity contribution in [2.24, 2.45) is 0 Å². The molecule has 2 atom stereocenters. The van der Waals surface area contributed by atoms with E-state index in [2.05, 4.69) is 15.9 Å². The lowest BCUT2D eigenvalue weighted by atomic mass is 9.97. The zero-order chi connectivity index (χ0) is 14.1. The quantitative estimate of drug-likeness (QED) is 0.917. The molecule has 0 unspecified atom stereocenters. The van der Waals surface area contributed by atoms with E-state index in [-0.39, 0.29) is 11.8 Å². The number of carbonyl (C=O) groups excluding carboxylic acids is 1. The normalized spacial score (nSPS) is 22.3. The zero-order valence-corrected chi connectivity index (χ0v) is 12.3. The maximum absolute atomic E-state index is 12.2. The molecule has 4 heteroatoms. The predicted octanol–water partition coefficient (Wildman–Crippen LogP) is 3.29. The van der Waals surface area contributed by atoms with Crippen molar-refractivity contribution in [1.82, 2.24) is 0 Å². The average Bonchev–Trinajstić information content (AvgIpc) is 2.76. The average molecular weight is 332 g/mol. The fourth-order valence-electron chi connectivity index (χ4n) is 2.60. The van der Waals surface area contributed by atoms with E-state index in [1.807, 2.05) is 54.6 Å². The van der Waals surface area contributed by atoms with E-state index in [1.165, 1.54) is 4.90 Å². The number of nitrogens with zero attached hydrogens (tertiary/aromatic N) is 1. The predicted molar refractivity (Wildman–Crippen MR) is 81.4 cm³/mol. The second kappa shape index (κ2) is 5.38. The van der Waals surface area contributed by atoms with E-state index < -0.39 is 6.23 Å². The summed E-state index contributed by atoms with van der Waals surface area (Å²) in [4.78, 5) is 13.7. The Hall–Kier alpha value is -1.65. The van der Waals surface area contributed by atoms with Gasteiger partial charge in [-0.2, -0.15) is 0 Å². The third-order valence-corrected chi connectivity index (χ3v) is 4.15. The first-order chi connectivity index (χ1) is 9.66. The molecule has 2 aromatic carbocycles. The third-order valence-electron chi connectivity index (χ3n) is 3.62. The van der Waals surface area contributed by atoms with Crippen molar-refractivity contribution < 1.29 is 9.90 Å². The van der Waals surface area contributed by atoms with Crippen LogP contribution in [0.1, 0.15) is 17.9 Å². The van der Waals surface area contributed by atoms with Gasteiger partial charge in [-0.25, -0.2) is 0 Å². The van der Waals surface area contributed by atoms with Gasteiger partial charge in [0.1, 0.15) is 6.23 Å². The third kappa shape index (κ3) is 2.37. The lowest BCUT2D eigenvalue weighted by Crippen LogP contribution is -2.34. The summed E-state index contributed by atoms with van der Waals surface area (Å²) in [5, 5.41) is 10.5. The first-order valence-corrected chi connectivity index (χ1v) is 7.27. The minimum atomic E-state index is -0.814. The molecule has 1 fully saturated rings. The molecule has 1 saturated heterocycles. The molecule has 0 saturated carbocycles. The van der Waals surface area contributed by atoms with Crippen LogP contribution in [0.4, 0.5) is 5.69 Å². The van der Waals surface area contributed by atoms with Gasteiger partial charge >= 0.3 is 0 Å². The summed E-state index contributed by atoms with van der Waals surface area (Å²) in [6.07, 6.45) is -0.483. The lowest BCUT2D eigenvalue weighted by molar-refractivity contribution is -0.117. The molecule has 1 N–H and O–H groups in total. The van der Waals surface area contributed by atoms with Crippen LogP contribution in [0.5, 0.6) is 0 Å². The van der Waals surface area contributed by atoms with Crippen molar-refractivity contribution in [3.8, 4) is 0 Å². The van der Waals surface area contributed by atoms with Crippen molar-refractivity contribution in [2.75, 3.05) is 4.90 Å². The molecule has 20 heavy (non-hydrogen) atoms. The van der Waals surface area contributed by atoms with E-state index in [0.29, 0.717) is 6.42 Å². The van der Waals surface area contributed by atoms with Gasteiger partial charge in [0.15, 0.2) is 0 Å². The van der Waals surface area contributed by atoms with E-state index in [1.54, 1.807) is 0 Å². The van der Waals surface area contributed by atoms with Gasteiger partial charge < -0.3 is 5.11 Å². The number of amides is 1. The Balaban J connectivity index is 1.90. The van der Waals surface area contributed by atoms with Crippen LogP contribution in [-0.2, 0) is 4.79 Å². The first kappa shape index (κ1) is 13.3. The molecule has 1 aliphatic heterocycles. The Labute approximate surface area is 126 Å². The maximum Gasteiger partial charge on any atom is 0.229 e. The maximum atomic E-state index is 12.2. The van der Waals surface area contributed by atoms with Crippen LogP contribution in [0.15, 0.2) is 59.1 Å². The van der Waals surface area contributed by atoms with E-state index in [0.717, 1.165) is 15.7 Å². The summed E-state index contributed by atoms with van der Waals surface area (Å²) < 4.78 is 0.986. The van der Waals surface area contributed by atoms with Gasteiger partial charge in [-0.15, -0.1) is 0 Å². The van der Waals surface area contributed by atoms with Crippen molar-refractivity contribution in [2.45, 2.75) is 18.6 Å². The van der Waals surface area contributed by atoms with Gasteiger partial charge in [0.2, 0.25) is 5.91 Å². The van der Waals surface area contributed by atoms with Crippen LogP contribution in [0.25, 0.3) is 0 Å². The van der Waals surface area contributed by atoms with Crippen molar-refractivity contribution >= 4 is 27.5 Å². The summed E-state index contributed by atoms with van der Waals surface area (Å²) in [7, 11) is 0. The second-order valence-corrected chi connectivity index (χ2v) is 5.79. The van der Waals surface area contributed by atoms with Gasteiger partial charge in [0.05, 0.1) is 0 Å². The summed E-state index contributed by atoms with van der Waals surface area (Å²) >= 11 is 3.39. The number of anilines is 1. The number of hydrogen-bond donors (Lipinski definition) is 1. The summed E-state index contributed by atoms with van der Waals surface area (Å²) in [6.45, 7) is 0. The molecule has 0 spiro atoms. The van der Waals surface area contributed by atoms with Crippen molar-refractivity contribution in [1.29, 1.82) is 0 Å². The standard InChI is InChI=1S/C16H14BrNO2/c17-12-8-6-11(7-9-12)14-10-15(19)18(16(14)20)13-4-2-1-3-5-13/h1-9,14,16,20H,10H2/t14-,16-/m1/s1. The zero-order valence-electron chi connectivity index (χ0n) is 10.7. The molecule has 0 radical (unpaired) electrons. The molecule has 1 aliphatic rings. The van der Waals surface area contributed by atoms with Crippen LogP contribution in [0.2, 0.25) is 0 Å². The number of carbonyl (C=O) groups is 1. The highest BCUT2D eigenvalue weighted by Gasteiger charge is 2.40. The first-order valence-electron chi connectivity index (χ1n) is 6.47. The van der Waals surface area contributed by atoms with Gasteiger partial charge in [-0.1, -0.05) is 46.3 Å². The Bertz CT molecular complexity index is 612. The van der Waals surface area contributed by atoms with Crippen LogP contribution >= 0.6 is 15.9 Å². The molecular formula is C16H14BrNO2. The van der Waals surface area contributed by atoms with Gasteiger partial charge in [-0.05, 0) is 29.8 Å². The Morgan fingerprint density at radius 3 is 2.35 bits per heavy atom. The summed E-state index contributed by atoms with van der Waals surface area (Å²) in [5.74, 6) is -0.229. The molecule has 0 bridgehead atoms. The molecular weight excluding hydrogens is 318 g/mol. The second-order valence-electron chi connectivity index (χ2n) is 4.88. The SMILES string of the molecule is O=C1C[C@H](c2ccc(Br)cc2)[C@@H](O)N1c1ccccc1. The van der Waals surface area contributed by atoms with Crippen molar-refractivity contribution in [3.05, 3.63) is 64.6 Å². The number of hydrogen-bond acceptors (Lipinski definition) is 2. The largest absolute Gasteiger partial charge is 0.372 e.